The number of rotatable bonds is 12. The summed E-state index contributed by atoms with van der Waals surface area (Å²) in [6.07, 6.45) is 4.82. The molecule has 0 spiro atoms. The summed E-state index contributed by atoms with van der Waals surface area (Å²) in [4.78, 5) is 33.8. The van der Waals surface area contributed by atoms with Crippen LogP contribution in [-0.4, -0.2) is 50.1 Å². The fraction of sp³-hybridized carbons (Fsp3) is 0.286. The van der Waals surface area contributed by atoms with Gasteiger partial charge in [0.05, 0.1) is 31.0 Å². The van der Waals surface area contributed by atoms with Crippen molar-refractivity contribution < 1.29 is 24.2 Å². The first-order chi connectivity index (χ1) is 23.6. The second-order valence-electron chi connectivity index (χ2n) is 11.4. The molecule has 1 unspecified atom stereocenters. The normalized spacial score (nSPS) is 15.8. The van der Waals surface area contributed by atoms with Gasteiger partial charge in [-0.25, -0.2) is 4.98 Å². The second-order valence-corrected chi connectivity index (χ2v) is 14.5. The third kappa shape index (κ3) is 6.87. The van der Waals surface area contributed by atoms with Crippen LogP contribution in [0.3, 0.4) is 0 Å². The zero-order chi connectivity index (χ0) is 34.8. The Balaban J connectivity index is 1.43. The largest absolute Gasteiger partial charge is 0.505 e. The molecule has 1 amide bonds. The highest BCUT2D eigenvalue weighted by Crippen LogP contribution is 2.46. The number of nitrogens with zero attached hydrogens (tertiary/aromatic N) is 5. The van der Waals surface area contributed by atoms with Gasteiger partial charge in [0, 0.05) is 22.0 Å². The number of halogens is 2. The molecular formula is C35H33Cl2N5O5S2. The van der Waals surface area contributed by atoms with E-state index in [0.717, 1.165) is 41.7 Å². The number of hydrogen-bond donors (Lipinski definition) is 1. The Kier molecular flexibility index (Phi) is 10.5. The Morgan fingerprint density at radius 3 is 2.61 bits per heavy atom. The lowest BCUT2D eigenvalue weighted by atomic mass is 9.96. The smallest absolute Gasteiger partial charge is 0.301 e. The standard InChI is InChI=1S/C35H33Cl2N5O5S2/c1-5-6-7-15-47-25-13-11-21(16-26(25)46-4)29-27(30(43)28-20(3)41-14-8-9-19(2)32(41)38-28)31(44)33(45)42(29)34-39-40-35(49-34)48-18-22-10-12-23(36)17-24(22)37/h8-14,16-17,29,43H,5-7,15,18H2,1-4H3/b30-27+. The lowest BCUT2D eigenvalue weighted by Gasteiger charge is -2.23. The van der Waals surface area contributed by atoms with Crippen molar-refractivity contribution in [1.82, 2.24) is 19.6 Å². The molecule has 5 aromatic rings. The van der Waals surface area contributed by atoms with Crippen LogP contribution in [0.4, 0.5) is 5.13 Å². The molecule has 0 bridgehead atoms. The number of carbonyl (C=O) groups excluding carboxylic acids is 2. The van der Waals surface area contributed by atoms with Gasteiger partial charge >= 0.3 is 5.91 Å². The average molecular weight is 739 g/mol. The number of amides is 1. The van der Waals surface area contributed by atoms with Crippen molar-refractivity contribution in [1.29, 1.82) is 0 Å². The summed E-state index contributed by atoms with van der Waals surface area (Å²) in [5, 5.41) is 21.8. The number of aliphatic hydroxyl groups is 1. The van der Waals surface area contributed by atoms with Crippen molar-refractivity contribution in [2.24, 2.45) is 0 Å². The third-order valence-electron chi connectivity index (χ3n) is 8.23. The topological polar surface area (TPSA) is 119 Å². The molecule has 0 saturated carbocycles. The minimum atomic E-state index is -1.06. The highest BCUT2D eigenvalue weighted by Gasteiger charge is 2.49. The molecule has 4 heterocycles. The molecule has 254 valence electrons. The van der Waals surface area contributed by atoms with Crippen LogP contribution in [0.5, 0.6) is 11.5 Å². The summed E-state index contributed by atoms with van der Waals surface area (Å²) in [5.74, 6) is -0.671. The molecule has 1 saturated heterocycles. The third-order valence-corrected chi connectivity index (χ3v) is 10.9. The maximum atomic E-state index is 13.9. The van der Waals surface area contributed by atoms with Crippen molar-refractivity contribution in [3.63, 3.8) is 0 Å². The number of fused-ring (bicyclic) bond motifs is 1. The van der Waals surface area contributed by atoms with E-state index in [4.69, 9.17) is 32.7 Å². The first-order valence-corrected chi connectivity index (χ1v) is 18.1. The lowest BCUT2D eigenvalue weighted by molar-refractivity contribution is -0.132. The molecule has 1 aliphatic rings. The SMILES string of the molecule is CCCCCOc1ccc(C2/C(=C(\O)c3nc4c(C)cccn4c3C)C(=O)C(=O)N2c2nnc(SCc3ccc(Cl)cc3Cl)s2)cc1OC. The lowest BCUT2D eigenvalue weighted by Crippen LogP contribution is -2.29. The van der Waals surface area contributed by atoms with Gasteiger partial charge < -0.3 is 19.0 Å². The average Bonchev–Trinajstić information content (AvgIpc) is 3.77. The Morgan fingerprint density at radius 2 is 1.88 bits per heavy atom. The summed E-state index contributed by atoms with van der Waals surface area (Å²) in [6.45, 7) is 6.35. The fourth-order valence-electron chi connectivity index (χ4n) is 5.66. The number of imidazole rings is 1. The molecule has 6 rings (SSSR count). The first kappa shape index (κ1) is 34.8. The van der Waals surface area contributed by atoms with E-state index in [-0.39, 0.29) is 22.2 Å². The minimum Gasteiger partial charge on any atom is -0.505 e. The number of hydrogen-bond acceptors (Lipinski definition) is 10. The number of aliphatic hydroxyl groups excluding tert-OH is 1. The van der Waals surface area contributed by atoms with Gasteiger partial charge in [-0.15, -0.1) is 10.2 Å². The van der Waals surface area contributed by atoms with Crippen molar-refractivity contribution >= 4 is 74.5 Å². The Morgan fingerprint density at radius 1 is 1.06 bits per heavy atom. The fourth-order valence-corrected chi connectivity index (χ4v) is 8.09. The van der Waals surface area contributed by atoms with Gasteiger partial charge in [-0.05, 0) is 67.3 Å². The van der Waals surface area contributed by atoms with Gasteiger partial charge in [0.2, 0.25) is 5.13 Å². The summed E-state index contributed by atoms with van der Waals surface area (Å²) < 4.78 is 14.1. The van der Waals surface area contributed by atoms with E-state index in [1.807, 2.05) is 35.7 Å². The molecular weight excluding hydrogens is 705 g/mol. The first-order valence-electron chi connectivity index (χ1n) is 15.6. The molecule has 1 N–H and O–H groups in total. The number of benzene rings is 2. The number of aryl methyl sites for hydroxylation is 2. The van der Waals surface area contributed by atoms with Crippen LogP contribution in [0.2, 0.25) is 10.0 Å². The highest BCUT2D eigenvalue weighted by molar-refractivity contribution is 8.00. The molecule has 1 aliphatic heterocycles. The molecule has 0 aliphatic carbocycles. The van der Waals surface area contributed by atoms with Gasteiger partial charge in [-0.3, -0.25) is 14.5 Å². The van der Waals surface area contributed by atoms with Crippen LogP contribution in [-0.2, 0) is 15.3 Å². The maximum Gasteiger partial charge on any atom is 0.301 e. The molecule has 1 fully saturated rings. The van der Waals surface area contributed by atoms with E-state index in [1.165, 1.54) is 23.8 Å². The van der Waals surface area contributed by atoms with Crippen LogP contribution in [0.15, 0.2) is 64.6 Å². The maximum absolute atomic E-state index is 13.9. The van der Waals surface area contributed by atoms with Crippen molar-refractivity contribution in [2.45, 2.75) is 56.2 Å². The zero-order valence-corrected chi connectivity index (χ0v) is 30.3. The molecule has 1 atom stereocenters. The summed E-state index contributed by atoms with van der Waals surface area (Å²) in [7, 11) is 1.53. The number of unbranched alkanes of at least 4 members (excludes halogenated alkanes) is 2. The second kappa shape index (κ2) is 14.8. The molecule has 0 radical (unpaired) electrons. The molecule has 3 aromatic heterocycles. The van der Waals surface area contributed by atoms with Crippen LogP contribution < -0.4 is 14.4 Å². The summed E-state index contributed by atoms with van der Waals surface area (Å²) in [5.41, 5.74) is 3.58. The van der Waals surface area contributed by atoms with Crippen LogP contribution >= 0.6 is 46.3 Å². The van der Waals surface area contributed by atoms with Crippen LogP contribution in [0, 0.1) is 13.8 Å². The molecule has 2 aromatic carbocycles. The van der Waals surface area contributed by atoms with E-state index in [2.05, 4.69) is 22.1 Å². The minimum absolute atomic E-state index is 0.120. The van der Waals surface area contributed by atoms with E-state index < -0.39 is 17.7 Å². The number of ketones is 1. The van der Waals surface area contributed by atoms with Gasteiger partial charge in [0.15, 0.2) is 21.6 Å². The van der Waals surface area contributed by atoms with E-state index in [9.17, 15) is 14.7 Å². The number of pyridine rings is 1. The molecule has 14 heteroatoms. The van der Waals surface area contributed by atoms with Crippen molar-refractivity contribution in [3.8, 4) is 11.5 Å². The predicted molar refractivity (Wildman–Crippen MR) is 193 cm³/mol. The van der Waals surface area contributed by atoms with Gasteiger partial charge in [0.25, 0.3) is 5.78 Å². The van der Waals surface area contributed by atoms with Crippen LogP contribution in [0.25, 0.3) is 11.4 Å². The number of aromatic nitrogens is 4. The summed E-state index contributed by atoms with van der Waals surface area (Å²) >= 11 is 15.0. The Labute approximate surface area is 301 Å². The number of Topliss-reactive ketones (excluding diaryl/α,β-unsaturated/α-hetero) is 1. The molecule has 49 heavy (non-hydrogen) atoms. The number of methoxy groups -OCH3 is 1. The number of carbonyl (C=O) groups is 2. The number of ether oxygens (including phenoxy) is 2. The zero-order valence-electron chi connectivity index (χ0n) is 27.2. The van der Waals surface area contributed by atoms with E-state index in [1.54, 1.807) is 37.3 Å². The van der Waals surface area contributed by atoms with Crippen molar-refractivity contribution in [3.05, 3.63) is 98.4 Å². The van der Waals surface area contributed by atoms with Crippen molar-refractivity contribution in [2.75, 3.05) is 18.6 Å². The Bertz CT molecular complexity index is 2100. The van der Waals surface area contributed by atoms with E-state index >= 15 is 0 Å². The highest BCUT2D eigenvalue weighted by atomic mass is 35.5. The van der Waals surface area contributed by atoms with Gasteiger partial charge in [-0.1, -0.05) is 84.3 Å². The number of anilines is 1. The van der Waals surface area contributed by atoms with E-state index in [0.29, 0.717) is 55.1 Å². The quantitative estimate of drug-likeness (QED) is 0.0335. The monoisotopic (exact) mass is 737 g/mol. The molecule has 10 nitrogen and oxygen atoms in total. The predicted octanol–water partition coefficient (Wildman–Crippen LogP) is 8.61. The van der Waals surface area contributed by atoms with Gasteiger partial charge in [-0.2, -0.15) is 0 Å². The Hall–Kier alpha value is -4.10. The summed E-state index contributed by atoms with van der Waals surface area (Å²) in [6, 6.07) is 13.2. The number of thioether (sulfide) groups is 1. The van der Waals surface area contributed by atoms with Gasteiger partial charge in [0.1, 0.15) is 11.3 Å². The van der Waals surface area contributed by atoms with Crippen LogP contribution in [0.1, 0.15) is 60.3 Å².